The highest BCUT2D eigenvalue weighted by Crippen LogP contribution is 2.17. The molecule has 0 unspecified atom stereocenters. The Morgan fingerprint density at radius 3 is 2.46 bits per heavy atom. The smallest absolute Gasteiger partial charge is 0.0988 e. The molecule has 0 aromatic rings. The highest BCUT2D eigenvalue weighted by Gasteiger charge is 2.19. The zero-order chi connectivity index (χ0) is 9.68. The molecule has 2 nitrogen and oxygen atoms in total. The molecule has 1 heterocycles. The maximum absolute atomic E-state index is 11.4. The van der Waals surface area contributed by atoms with E-state index in [0.717, 1.165) is 25.7 Å². The van der Waals surface area contributed by atoms with Crippen LogP contribution in [0.2, 0.25) is 0 Å². The van der Waals surface area contributed by atoms with Gasteiger partial charge in [-0.1, -0.05) is 25.8 Å². The van der Waals surface area contributed by atoms with Crippen molar-refractivity contribution in [3.63, 3.8) is 0 Å². The molecule has 0 aromatic carbocycles. The summed E-state index contributed by atoms with van der Waals surface area (Å²) in [4.78, 5) is 0. The van der Waals surface area contributed by atoms with Crippen molar-refractivity contribution >= 4 is 21.6 Å². The molecule has 1 saturated heterocycles. The fourth-order valence-corrected chi connectivity index (χ4v) is 4.57. The van der Waals surface area contributed by atoms with Crippen molar-refractivity contribution in [1.82, 2.24) is 0 Å². The van der Waals surface area contributed by atoms with Gasteiger partial charge in [-0.05, 0) is 12.8 Å². The van der Waals surface area contributed by atoms with Gasteiger partial charge in [0.25, 0.3) is 0 Å². The van der Waals surface area contributed by atoms with Crippen LogP contribution in [0.1, 0.15) is 32.6 Å². The van der Waals surface area contributed by atoms with Crippen LogP contribution < -0.4 is 0 Å². The van der Waals surface area contributed by atoms with Crippen molar-refractivity contribution in [2.24, 2.45) is 0 Å². The van der Waals surface area contributed by atoms with Crippen molar-refractivity contribution < 1.29 is 8.42 Å². The van der Waals surface area contributed by atoms with Crippen LogP contribution in [-0.4, -0.2) is 19.9 Å². The summed E-state index contributed by atoms with van der Waals surface area (Å²) in [5.74, 6) is 1.40. The van der Waals surface area contributed by atoms with Gasteiger partial charge in [-0.15, -0.1) is 0 Å². The summed E-state index contributed by atoms with van der Waals surface area (Å²) in [5.41, 5.74) is 0. The highest BCUT2D eigenvalue weighted by molar-refractivity contribution is 8.09. The van der Waals surface area contributed by atoms with Gasteiger partial charge in [0.15, 0.2) is 0 Å². The van der Waals surface area contributed by atoms with E-state index in [4.69, 9.17) is 0 Å². The number of rotatable bonds is 3. The first-order valence-corrected chi connectivity index (χ1v) is 7.36. The van der Waals surface area contributed by atoms with Crippen LogP contribution in [-0.2, 0) is 21.6 Å². The number of hydrogen-bond acceptors (Lipinski definition) is 2. The lowest BCUT2D eigenvalue weighted by Crippen LogP contribution is -2.17. The minimum atomic E-state index is -0.951. The molecule has 1 aliphatic rings. The molecule has 0 aliphatic carbocycles. The maximum Gasteiger partial charge on any atom is 0.0988 e. The predicted octanol–water partition coefficient (Wildman–Crippen LogP) is 1.92. The molecule has 0 aromatic heterocycles. The van der Waals surface area contributed by atoms with E-state index in [1.807, 2.05) is 6.08 Å². The standard InChI is InChI=1S/C9H16O2S2/c1-2-3-4-6-9-12(10)7-5-8-13(9)11/h6H,2-5,7-8H2,1H3/t12-,13-/m1/s1. The Bertz CT molecular complexity index is 228. The van der Waals surface area contributed by atoms with Crippen LogP contribution in [0.4, 0.5) is 0 Å². The third-order valence-corrected chi connectivity index (χ3v) is 5.64. The molecular weight excluding hydrogens is 204 g/mol. The van der Waals surface area contributed by atoms with Gasteiger partial charge >= 0.3 is 0 Å². The highest BCUT2D eigenvalue weighted by atomic mass is 32.2. The summed E-state index contributed by atoms with van der Waals surface area (Å²) in [6, 6.07) is 0. The molecule has 1 aliphatic heterocycles. The van der Waals surface area contributed by atoms with Crippen molar-refractivity contribution in [3.05, 3.63) is 10.3 Å². The summed E-state index contributed by atoms with van der Waals surface area (Å²) < 4.78 is 23.6. The van der Waals surface area contributed by atoms with Gasteiger partial charge < -0.3 is 0 Å². The molecule has 0 amide bonds. The van der Waals surface area contributed by atoms with E-state index in [2.05, 4.69) is 6.92 Å². The summed E-state index contributed by atoms with van der Waals surface area (Å²) in [7, 11) is -1.90. The summed E-state index contributed by atoms with van der Waals surface area (Å²) >= 11 is 0. The normalized spacial score (nSPS) is 28.8. The summed E-state index contributed by atoms with van der Waals surface area (Å²) in [5, 5.41) is 0. The average molecular weight is 220 g/mol. The van der Waals surface area contributed by atoms with Gasteiger partial charge in [0.05, 0.1) is 25.8 Å². The third kappa shape index (κ3) is 3.35. The molecule has 0 spiro atoms. The van der Waals surface area contributed by atoms with Crippen molar-refractivity contribution in [3.8, 4) is 0 Å². The van der Waals surface area contributed by atoms with Crippen molar-refractivity contribution in [2.45, 2.75) is 32.6 Å². The van der Waals surface area contributed by atoms with Crippen LogP contribution >= 0.6 is 0 Å². The lowest BCUT2D eigenvalue weighted by Gasteiger charge is -2.12. The molecule has 1 fully saturated rings. The van der Waals surface area contributed by atoms with Crippen LogP contribution in [0.25, 0.3) is 0 Å². The second-order valence-electron chi connectivity index (χ2n) is 3.12. The van der Waals surface area contributed by atoms with Crippen LogP contribution in [0.3, 0.4) is 0 Å². The first-order valence-electron chi connectivity index (χ1n) is 4.72. The van der Waals surface area contributed by atoms with E-state index in [-0.39, 0.29) is 0 Å². The van der Waals surface area contributed by atoms with E-state index < -0.39 is 21.6 Å². The van der Waals surface area contributed by atoms with E-state index in [1.54, 1.807) is 0 Å². The lowest BCUT2D eigenvalue weighted by molar-refractivity contribution is 0.676. The minimum Gasteiger partial charge on any atom is -0.254 e. The van der Waals surface area contributed by atoms with Crippen LogP contribution in [0.5, 0.6) is 0 Å². The molecule has 0 bridgehead atoms. The predicted molar refractivity (Wildman–Crippen MR) is 58.2 cm³/mol. The zero-order valence-corrected chi connectivity index (χ0v) is 9.59. The Balaban J connectivity index is 2.57. The quantitative estimate of drug-likeness (QED) is 0.681. The Hall–Kier alpha value is 0.0400. The lowest BCUT2D eigenvalue weighted by atomic mass is 10.2. The van der Waals surface area contributed by atoms with Gasteiger partial charge in [0, 0.05) is 11.5 Å². The number of hydrogen-bond donors (Lipinski definition) is 0. The molecule has 76 valence electrons. The topological polar surface area (TPSA) is 34.1 Å². The van der Waals surface area contributed by atoms with Gasteiger partial charge in [0.1, 0.15) is 0 Å². The van der Waals surface area contributed by atoms with Crippen molar-refractivity contribution in [2.75, 3.05) is 11.5 Å². The second-order valence-corrected chi connectivity index (χ2v) is 6.45. The maximum atomic E-state index is 11.4. The van der Waals surface area contributed by atoms with Gasteiger partial charge in [0.2, 0.25) is 0 Å². The van der Waals surface area contributed by atoms with Gasteiger partial charge in [-0.25, -0.2) is 0 Å². The first-order chi connectivity index (χ1) is 6.25. The molecular formula is C9H16O2S2. The first kappa shape index (κ1) is 11.1. The summed E-state index contributed by atoms with van der Waals surface area (Å²) in [6.45, 7) is 2.12. The van der Waals surface area contributed by atoms with Crippen LogP contribution in [0.15, 0.2) is 10.3 Å². The molecule has 0 N–H and O–H groups in total. The molecule has 0 saturated carbocycles. The van der Waals surface area contributed by atoms with E-state index in [1.165, 1.54) is 0 Å². The van der Waals surface area contributed by atoms with Crippen molar-refractivity contribution in [1.29, 1.82) is 0 Å². The van der Waals surface area contributed by atoms with E-state index in [9.17, 15) is 8.42 Å². The minimum absolute atomic E-state index is 0.694. The van der Waals surface area contributed by atoms with Gasteiger partial charge in [-0.2, -0.15) is 0 Å². The second kappa shape index (κ2) is 5.70. The van der Waals surface area contributed by atoms with E-state index >= 15 is 0 Å². The third-order valence-electron chi connectivity index (χ3n) is 1.98. The average Bonchev–Trinajstić information content (AvgIpc) is 2.10. The fraction of sp³-hybridized carbons (Fsp3) is 0.778. The van der Waals surface area contributed by atoms with E-state index in [0.29, 0.717) is 15.7 Å². The zero-order valence-electron chi connectivity index (χ0n) is 7.95. The number of allylic oxidation sites excluding steroid dienone is 1. The Morgan fingerprint density at radius 2 is 1.92 bits per heavy atom. The molecule has 1 rings (SSSR count). The molecule has 0 radical (unpaired) electrons. The summed E-state index contributed by atoms with van der Waals surface area (Å²) in [6.07, 6.45) is 5.91. The largest absolute Gasteiger partial charge is 0.254 e. The SMILES string of the molecule is CCCCC=C1[S@](=O)CCC[S@]1=O. The number of unbranched alkanes of at least 4 members (excludes halogenated alkanes) is 2. The van der Waals surface area contributed by atoms with Gasteiger partial charge in [-0.3, -0.25) is 8.42 Å². The monoisotopic (exact) mass is 220 g/mol. The Labute approximate surface area is 84.7 Å². The molecule has 13 heavy (non-hydrogen) atoms. The molecule has 4 heteroatoms. The van der Waals surface area contributed by atoms with Crippen LogP contribution in [0, 0.1) is 0 Å². The fourth-order valence-electron chi connectivity index (χ4n) is 1.24. The Kier molecular flexibility index (Phi) is 4.88. The Morgan fingerprint density at radius 1 is 1.31 bits per heavy atom. The molecule has 2 atom stereocenters.